The molecule has 0 radical (unpaired) electrons. The highest BCUT2D eigenvalue weighted by Gasteiger charge is 2.23. The molecular formula is C21H26N2O. The fourth-order valence-electron chi connectivity index (χ4n) is 3.73. The molecule has 3 rings (SSSR count). The van der Waals surface area contributed by atoms with Gasteiger partial charge in [0.2, 0.25) is 5.91 Å². The third-order valence-electron chi connectivity index (χ3n) is 4.78. The number of nitrogens with zero attached hydrogens (tertiary/aromatic N) is 2. The largest absolute Gasteiger partial charge is 0.368 e. The monoisotopic (exact) mass is 322 g/mol. The Kier molecular flexibility index (Phi) is 4.89. The van der Waals surface area contributed by atoms with E-state index in [0.29, 0.717) is 6.42 Å². The Balaban J connectivity index is 1.63. The first-order valence-corrected chi connectivity index (χ1v) is 8.69. The lowest BCUT2D eigenvalue weighted by Crippen LogP contribution is -2.49. The SMILES string of the molecule is Cc1cc(C)c(N2CCN(C(=O)Cc3ccccc3)CC2)c(C)c1. The standard InChI is InChI=1S/C21H26N2O/c1-16-13-17(2)21(18(3)14-16)23-11-9-22(10-12-23)20(24)15-19-7-5-4-6-8-19/h4-8,13-14H,9-12,15H2,1-3H3. The Morgan fingerprint density at radius 3 is 2.08 bits per heavy atom. The average molecular weight is 322 g/mol. The van der Waals surface area contributed by atoms with Crippen LogP contribution in [0.2, 0.25) is 0 Å². The van der Waals surface area contributed by atoms with E-state index in [9.17, 15) is 4.79 Å². The fraction of sp³-hybridized carbons (Fsp3) is 0.381. The lowest BCUT2D eigenvalue weighted by molar-refractivity contribution is -0.130. The smallest absolute Gasteiger partial charge is 0.227 e. The van der Waals surface area contributed by atoms with Gasteiger partial charge >= 0.3 is 0 Å². The molecule has 3 nitrogen and oxygen atoms in total. The number of hydrogen-bond acceptors (Lipinski definition) is 2. The van der Waals surface area contributed by atoms with Crippen molar-refractivity contribution >= 4 is 11.6 Å². The molecule has 0 N–H and O–H groups in total. The van der Waals surface area contributed by atoms with Gasteiger partial charge in [0.25, 0.3) is 0 Å². The van der Waals surface area contributed by atoms with E-state index in [-0.39, 0.29) is 5.91 Å². The molecule has 126 valence electrons. The molecule has 0 atom stereocenters. The normalized spacial score (nSPS) is 14.8. The zero-order valence-corrected chi connectivity index (χ0v) is 14.9. The molecule has 0 saturated carbocycles. The molecule has 0 aliphatic carbocycles. The Morgan fingerprint density at radius 1 is 0.917 bits per heavy atom. The van der Waals surface area contributed by atoms with Crippen molar-refractivity contribution in [1.29, 1.82) is 0 Å². The molecule has 1 heterocycles. The number of hydrogen-bond donors (Lipinski definition) is 0. The van der Waals surface area contributed by atoms with Crippen LogP contribution in [0, 0.1) is 20.8 Å². The van der Waals surface area contributed by atoms with Crippen LogP contribution in [0.5, 0.6) is 0 Å². The molecular weight excluding hydrogens is 296 g/mol. The molecule has 1 amide bonds. The van der Waals surface area contributed by atoms with Crippen molar-refractivity contribution in [2.24, 2.45) is 0 Å². The summed E-state index contributed by atoms with van der Waals surface area (Å²) in [6, 6.07) is 14.5. The number of piperazine rings is 1. The minimum atomic E-state index is 0.234. The summed E-state index contributed by atoms with van der Waals surface area (Å²) >= 11 is 0. The highest BCUT2D eigenvalue weighted by atomic mass is 16.2. The van der Waals surface area contributed by atoms with Crippen molar-refractivity contribution in [3.05, 3.63) is 64.7 Å². The molecule has 1 saturated heterocycles. The van der Waals surface area contributed by atoms with Crippen molar-refractivity contribution in [1.82, 2.24) is 4.90 Å². The van der Waals surface area contributed by atoms with Crippen LogP contribution in [0.25, 0.3) is 0 Å². The van der Waals surface area contributed by atoms with Gasteiger partial charge in [-0.3, -0.25) is 4.79 Å². The van der Waals surface area contributed by atoms with Crippen LogP contribution in [-0.2, 0) is 11.2 Å². The molecule has 24 heavy (non-hydrogen) atoms. The van der Waals surface area contributed by atoms with E-state index in [4.69, 9.17) is 0 Å². The number of benzene rings is 2. The third-order valence-corrected chi connectivity index (χ3v) is 4.78. The number of rotatable bonds is 3. The van der Waals surface area contributed by atoms with Gasteiger partial charge in [0.15, 0.2) is 0 Å². The van der Waals surface area contributed by atoms with Crippen LogP contribution in [0.3, 0.4) is 0 Å². The van der Waals surface area contributed by atoms with E-state index in [0.717, 1.165) is 31.7 Å². The quantitative estimate of drug-likeness (QED) is 0.863. The second-order valence-electron chi connectivity index (χ2n) is 6.78. The molecule has 1 aliphatic heterocycles. The predicted molar refractivity (Wildman–Crippen MR) is 99.6 cm³/mol. The van der Waals surface area contributed by atoms with E-state index in [1.165, 1.54) is 22.4 Å². The van der Waals surface area contributed by atoms with Crippen molar-refractivity contribution in [2.75, 3.05) is 31.1 Å². The van der Waals surface area contributed by atoms with Gasteiger partial charge in [-0.1, -0.05) is 48.0 Å². The van der Waals surface area contributed by atoms with E-state index in [1.54, 1.807) is 0 Å². The minimum Gasteiger partial charge on any atom is -0.368 e. The topological polar surface area (TPSA) is 23.6 Å². The van der Waals surface area contributed by atoms with Gasteiger partial charge in [-0.25, -0.2) is 0 Å². The van der Waals surface area contributed by atoms with Crippen LogP contribution in [0.1, 0.15) is 22.3 Å². The summed E-state index contributed by atoms with van der Waals surface area (Å²) < 4.78 is 0. The predicted octanol–water partition coefficient (Wildman–Crippen LogP) is 3.50. The van der Waals surface area contributed by atoms with Crippen molar-refractivity contribution in [3.8, 4) is 0 Å². The first-order valence-electron chi connectivity index (χ1n) is 8.69. The molecule has 1 fully saturated rings. The lowest BCUT2D eigenvalue weighted by Gasteiger charge is -2.37. The van der Waals surface area contributed by atoms with Crippen molar-refractivity contribution in [2.45, 2.75) is 27.2 Å². The van der Waals surface area contributed by atoms with Crippen LogP contribution >= 0.6 is 0 Å². The summed E-state index contributed by atoms with van der Waals surface area (Å²) in [5.74, 6) is 0.234. The molecule has 1 aliphatic rings. The maximum absolute atomic E-state index is 12.5. The van der Waals surface area contributed by atoms with E-state index < -0.39 is 0 Å². The number of aryl methyl sites for hydroxylation is 3. The number of carbonyl (C=O) groups excluding carboxylic acids is 1. The van der Waals surface area contributed by atoms with Gasteiger partial charge in [-0.15, -0.1) is 0 Å². The highest BCUT2D eigenvalue weighted by Crippen LogP contribution is 2.27. The summed E-state index contributed by atoms with van der Waals surface area (Å²) in [7, 11) is 0. The fourth-order valence-corrected chi connectivity index (χ4v) is 3.73. The van der Waals surface area contributed by atoms with Crippen LogP contribution in [0.15, 0.2) is 42.5 Å². The zero-order valence-electron chi connectivity index (χ0n) is 14.9. The van der Waals surface area contributed by atoms with Crippen molar-refractivity contribution < 1.29 is 4.79 Å². The summed E-state index contributed by atoms with van der Waals surface area (Å²) in [4.78, 5) is 16.9. The molecule has 0 spiro atoms. The Labute approximate surface area is 144 Å². The highest BCUT2D eigenvalue weighted by molar-refractivity contribution is 5.79. The van der Waals surface area contributed by atoms with E-state index in [2.05, 4.69) is 37.8 Å². The lowest BCUT2D eigenvalue weighted by atomic mass is 10.0. The maximum Gasteiger partial charge on any atom is 0.227 e. The molecule has 3 heteroatoms. The molecule has 0 aromatic heterocycles. The van der Waals surface area contributed by atoms with Gasteiger partial charge in [0, 0.05) is 31.9 Å². The van der Waals surface area contributed by atoms with Gasteiger partial charge in [-0.2, -0.15) is 0 Å². The first kappa shape index (κ1) is 16.6. The molecule has 0 unspecified atom stereocenters. The zero-order chi connectivity index (χ0) is 17.1. The maximum atomic E-state index is 12.5. The van der Waals surface area contributed by atoms with Gasteiger partial charge < -0.3 is 9.80 Å². The minimum absolute atomic E-state index is 0.234. The summed E-state index contributed by atoms with van der Waals surface area (Å²) in [5, 5.41) is 0. The number of amides is 1. The summed E-state index contributed by atoms with van der Waals surface area (Å²) in [5.41, 5.74) is 6.41. The summed E-state index contributed by atoms with van der Waals surface area (Å²) in [6.45, 7) is 9.93. The van der Waals surface area contributed by atoms with Crippen LogP contribution in [-0.4, -0.2) is 37.0 Å². The number of anilines is 1. The molecule has 0 bridgehead atoms. The Hall–Kier alpha value is -2.29. The van der Waals surface area contributed by atoms with Crippen LogP contribution < -0.4 is 4.90 Å². The third kappa shape index (κ3) is 3.61. The van der Waals surface area contributed by atoms with Crippen LogP contribution in [0.4, 0.5) is 5.69 Å². The molecule has 2 aromatic carbocycles. The van der Waals surface area contributed by atoms with Crippen molar-refractivity contribution in [3.63, 3.8) is 0 Å². The second-order valence-corrected chi connectivity index (χ2v) is 6.78. The Bertz CT molecular complexity index is 693. The average Bonchev–Trinajstić information content (AvgIpc) is 2.55. The van der Waals surface area contributed by atoms with E-state index >= 15 is 0 Å². The first-order chi connectivity index (χ1) is 11.5. The summed E-state index contributed by atoms with van der Waals surface area (Å²) in [6.07, 6.45) is 0.503. The van der Waals surface area contributed by atoms with Gasteiger partial charge in [0.05, 0.1) is 6.42 Å². The van der Waals surface area contributed by atoms with Gasteiger partial charge in [-0.05, 0) is 37.5 Å². The van der Waals surface area contributed by atoms with Gasteiger partial charge in [0.1, 0.15) is 0 Å². The molecule has 2 aromatic rings. The Morgan fingerprint density at radius 2 is 1.50 bits per heavy atom. The second kappa shape index (κ2) is 7.08. The van der Waals surface area contributed by atoms with E-state index in [1.807, 2.05) is 35.2 Å². The number of carbonyl (C=O) groups is 1.